The normalized spacial score (nSPS) is 11.3. The standard InChI is InChI=1S/C14H18FN3O2S/c1-4-18-13(10-5-7-11(15)8-6-10)16-17-14(18)21-9-12(19-2)20-3/h5-8,12H,4,9H2,1-3H3. The van der Waals surface area contributed by atoms with E-state index in [1.54, 1.807) is 26.4 Å². The predicted molar refractivity (Wildman–Crippen MR) is 79.6 cm³/mol. The highest BCUT2D eigenvalue weighted by Gasteiger charge is 2.15. The highest BCUT2D eigenvalue weighted by Crippen LogP contribution is 2.24. The van der Waals surface area contributed by atoms with Crippen LogP contribution in [0.1, 0.15) is 6.92 Å². The Morgan fingerprint density at radius 3 is 2.43 bits per heavy atom. The molecule has 5 nitrogen and oxygen atoms in total. The van der Waals surface area contributed by atoms with Crippen LogP contribution in [0.3, 0.4) is 0 Å². The number of benzene rings is 1. The van der Waals surface area contributed by atoms with E-state index in [9.17, 15) is 4.39 Å². The Kier molecular flexibility index (Phi) is 5.72. The maximum atomic E-state index is 13.0. The zero-order valence-corrected chi connectivity index (χ0v) is 13.1. The minimum atomic E-state index is -0.286. The second kappa shape index (κ2) is 7.53. The molecule has 0 saturated carbocycles. The lowest BCUT2D eigenvalue weighted by Gasteiger charge is -2.12. The van der Waals surface area contributed by atoms with Crippen LogP contribution in [0.2, 0.25) is 0 Å². The Hall–Kier alpha value is -1.44. The summed E-state index contributed by atoms with van der Waals surface area (Å²) in [7, 11) is 3.20. The monoisotopic (exact) mass is 311 g/mol. The number of thioether (sulfide) groups is 1. The van der Waals surface area contributed by atoms with Crippen molar-refractivity contribution in [2.75, 3.05) is 20.0 Å². The molecule has 0 saturated heterocycles. The minimum Gasteiger partial charge on any atom is -0.355 e. The first-order chi connectivity index (χ1) is 10.2. The molecule has 2 rings (SSSR count). The molecule has 1 aromatic carbocycles. The Morgan fingerprint density at radius 2 is 1.86 bits per heavy atom. The molecule has 0 aliphatic carbocycles. The van der Waals surface area contributed by atoms with Crippen LogP contribution in [-0.2, 0) is 16.0 Å². The molecule has 0 unspecified atom stereocenters. The first-order valence-electron chi connectivity index (χ1n) is 6.57. The van der Waals surface area contributed by atoms with Gasteiger partial charge < -0.3 is 14.0 Å². The summed E-state index contributed by atoms with van der Waals surface area (Å²) >= 11 is 1.51. The maximum Gasteiger partial charge on any atom is 0.191 e. The van der Waals surface area contributed by atoms with Crippen LogP contribution >= 0.6 is 11.8 Å². The van der Waals surface area contributed by atoms with E-state index in [1.807, 2.05) is 11.5 Å². The van der Waals surface area contributed by atoms with Gasteiger partial charge in [-0.3, -0.25) is 0 Å². The quantitative estimate of drug-likeness (QED) is 0.581. The third-order valence-corrected chi connectivity index (χ3v) is 4.01. The van der Waals surface area contributed by atoms with Crippen LogP contribution in [0, 0.1) is 5.82 Å². The van der Waals surface area contributed by atoms with Crippen molar-refractivity contribution in [1.82, 2.24) is 14.8 Å². The van der Waals surface area contributed by atoms with Gasteiger partial charge in [0.1, 0.15) is 5.82 Å². The fourth-order valence-corrected chi connectivity index (χ4v) is 2.90. The van der Waals surface area contributed by atoms with Gasteiger partial charge in [-0.1, -0.05) is 11.8 Å². The number of hydrogen-bond donors (Lipinski definition) is 0. The van der Waals surface area contributed by atoms with E-state index in [0.717, 1.165) is 23.1 Å². The van der Waals surface area contributed by atoms with Gasteiger partial charge >= 0.3 is 0 Å². The van der Waals surface area contributed by atoms with Crippen molar-refractivity contribution >= 4 is 11.8 Å². The van der Waals surface area contributed by atoms with Crippen LogP contribution in [0.5, 0.6) is 0 Å². The van der Waals surface area contributed by atoms with Crippen molar-refractivity contribution in [3.8, 4) is 11.4 Å². The molecular formula is C14H18FN3O2S. The van der Waals surface area contributed by atoms with Crippen LogP contribution < -0.4 is 0 Å². The van der Waals surface area contributed by atoms with Crippen molar-refractivity contribution in [1.29, 1.82) is 0 Å². The lowest BCUT2D eigenvalue weighted by Crippen LogP contribution is -2.16. The highest BCUT2D eigenvalue weighted by atomic mass is 32.2. The molecule has 0 N–H and O–H groups in total. The van der Waals surface area contributed by atoms with Gasteiger partial charge in [-0.15, -0.1) is 10.2 Å². The van der Waals surface area contributed by atoms with E-state index in [4.69, 9.17) is 9.47 Å². The lowest BCUT2D eigenvalue weighted by molar-refractivity contribution is -0.0842. The van der Waals surface area contributed by atoms with Crippen LogP contribution in [0.15, 0.2) is 29.4 Å². The Balaban J connectivity index is 2.19. The zero-order valence-electron chi connectivity index (χ0n) is 12.2. The van der Waals surface area contributed by atoms with Gasteiger partial charge in [-0.25, -0.2) is 4.39 Å². The Labute approximate surface area is 127 Å². The van der Waals surface area contributed by atoms with E-state index < -0.39 is 0 Å². The largest absolute Gasteiger partial charge is 0.355 e. The Morgan fingerprint density at radius 1 is 1.19 bits per heavy atom. The zero-order chi connectivity index (χ0) is 15.2. The fourth-order valence-electron chi connectivity index (χ4n) is 1.87. The molecule has 0 atom stereocenters. The first-order valence-corrected chi connectivity index (χ1v) is 7.55. The number of hydrogen-bond acceptors (Lipinski definition) is 5. The maximum absolute atomic E-state index is 13.0. The summed E-state index contributed by atoms with van der Waals surface area (Å²) in [6, 6.07) is 6.24. The summed E-state index contributed by atoms with van der Waals surface area (Å²) in [5.74, 6) is 1.08. The van der Waals surface area contributed by atoms with Crippen LogP contribution in [0.4, 0.5) is 4.39 Å². The average molecular weight is 311 g/mol. The third kappa shape index (κ3) is 3.81. The topological polar surface area (TPSA) is 49.2 Å². The summed E-state index contributed by atoms with van der Waals surface area (Å²) in [6.07, 6.45) is -0.286. The van der Waals surface area contributed by atoms with E-state index in [-0.39, 0.29) is 12.1 Å². The van der Waals surface area contributed by atoms with Crippen LogP contribution in [0.25, 0.3) is 11.4 Å². The molecule has 0 aliphatic rings. The average Bonchev–Trinajstić information content (AvgIpc) is 2.92. The predicted octanol–water partition coefficient (Wildman–Crippen LogP) is 2.82. The second-order valence-corrected chi connectivity index (χ2v) is 5.26. The molecule has 1 heterocycles. The summed E-state index contributed by atoms with van der Waals surface area (Å²) in [5.41, 5.74) is 0.840. The summed E-state index contributed by atoms with van der Waals surface area (Å²) < 4.78 is 25.3. The summed E-state index contributed by atoms with van der Waals surface area (Å²) in [4.78, 5) is 0. The van der Waals surface area contributed by atoms with Gasteiger partial charge in [-0.2, -0.15) is 0 Å². The Bertz CT molecular complexity index is 570. The summed E-state index contributed by atoms with van der Waals surface area (Å²) in [6.45, 7) is 2.75. The van der Waals surface area contributed by atoms with Crippen molar-refractivity contribution in [2.24, 2.45) is 0 Å². The SMILES string of the molecule is CCn1c(SCC(OC)OC)nnc1-c1ccc(F)cc1. The molecule has 114 valence electrons. The van der Waals surface area contributed by atoms with E-state index in [0.29, 0.717) is 5.75 Å². The van der Waals surface area contributed by atoms with Gasteiger partial charge in [-0.05, 0) is 31.2 Å². The molecule has 7 heteroatoms. The van der Waals surface area contributed by atoms with Crippen molar-refractivity contribution < 1.29 is 13.9 Å². The van der Waals surface area contributed by atoms with Gasteiger partial charge in [0, 0.05) is 26.3 Å². The molecule has 0 amide bonds. The molecule has 1 aromatic heterocycles. The number of methoxy groups -OCH3 is 2. The number of rotatable bonds is 7. The van der Waals surface area contributed by atoms with Gasteiger partial charge in [0.25, 0.3) is 0 Å². The van der Waals surface area contributed by atoms with Crippen molar-refractivity contribution in [3.05, 3.63) is 30.1 Å². The number of ether oxygens (including phenoxy) is 2. The summed E-state index contributed by atoms with van der Waals surface area (Å²) in [5, 5.41) is 9.19. The first kappa shape index (κ1) is 15.9. The number of nitrogens with zero attached hydrogens (tertiary/aromatic N) is 3. The molecule has 0 spiro atoms. The second-order valence-electron chi connectivity index (χ2n) is 4.27. The van der Waals surface area contributed by atoms with Crippen molar-refractivity contribution in [2.45, 2.75) is 24.9 Å². The van der Waals surface area contributed by atoms with Gasteiger partial charge in [0.2, 0.25) is 0 Å². The van der Waals surface area contributed by atoms with Gasteiger partial charge in [0.15, 0.2) is 17.3 Å². The van der Waals surface area contributed by atoms with Gasteiger partial charge in [0.05, 0.1) is 5.75 Å². The number of halogens is 1. The lowest BCUT2D eigenvalue weighted by atomic mass is 10.2. The molecule has 0 radical (unpaired) electrons. The molecular weight excluding hydrogens is 293 g/mol. The third-order valence-electron chi connectivity index (χ3n) is 3.01. The molecule has 2 aromatic rings. The fraction of sp³-hybridized carbons (Fsp3) is 0.429. The molecule has 0 bridgehead atoms. The smallest absolute Gasteiger partial charge is 0.191 e. The minimum absolute atomic E-state index is 0.265. The number of aromatic nitrogens is 3. The van der Waals surface area contributed by atoms with Crippen LogP contribution in [-0.4, -0.2) is 41.0 Å². The van der Waals surface area contributed by atoms with E-state index in [2.05, 4.69) is 10.2 Å². The van der Waals surface area contributed by atoms with E-state index in [1.165, 1.54) is 23.9 Å². The highest BCUT2D eigenvalue weighted by molar-refractivity contribution is 7.99. The van der Waals surface area contributed by atoms with E-state index >= 15 is 0 Å². The molecule has 0 aliphatic heterocycles. The van der Waals surface area contributed by atoms with Crippen molar-refractivity contribution in [3.63, 3.8) is 0 Å². The molecule has 0 fully saturated rings. The molecule has 21 heavy (non-hydrogen) atoms.